The Balaban J connectivity index is 2.94. The minimum Gasteiger partial charge on any atom is -0.481 e. The van der Waals surface area contributed by atoms with Crippen molar-refractivity contribution in [2.45, 2.75) is 25.1 Å². The normalized spacial score (nSPS) is 13.4. The van der Waals surface area contributed by atoms with E-state index in [0.29, 0.717) is 12.1 Å². The van der Waals surface area contributed by atoms with Crippen molar-refractivity contribution in [3.05, 3.63) is 35.1 Å². The fourth-order valence-corrected chi connectivity index (χ4v) is 1.39. The molecule has 0 amide bonds. The lowest BCUT2D eigenvalue weighted by Gasteiger charge is -2.13. The first-order chi connectivity index (χ1) is 8.21. The summed E-state index contributed by atoms with van der Waals surface area (Å²) in [5.41, 5.74) is -1.64. The first-order valence-electron chi connectivity index (χ1n) is 4.98. The second kappa shape index (κ2) is 5.34. The van der Waals surface area contributed by atoms with Gasteiger partial charge in [0, 0.05) is 6.42 Å². The highest BCUT2D eigenvalue weighted by Crippen LogP contribution is 2.33. The van der Waals surface area contributed by atoms with Gasteiger partial charge in [-0.15, -0.1) is 0 Å². The van der Waals surface area contributed by atoms with E-state index in [1.807, 2.05) is 0 Å². The minimum atomic E-state index is -4.85. The van der Waals surface area contributed by atoms with Crippen LogP contribution in [0.1, 0.15) is 30.1 Å². The molecule has 1 aromatic carbocycles. The van der Waals surface area contributed by atoms with E-state index in [0.717, 1.165) is 6.07 Å². The summed E-state index contributed by atoms with van der Waals surface area (Å²) in [6, 6.07) is 2.08. The first kappa shape index (κ1) is 14.4. The highest BCUT2D eigenvalue weighted by molar-refractivity contribution is 5.66. The molecule has 1 rings (SSSR count). The van der Waals surface area contributed by atoms with E-state index in [1.54, 1.807) is 0 Å². The second-order valence-electron chi connectivity index (χ2n) is 3.69. The minimum absolute atomic E-state index is 0.162. The lowest BCUT2D eigenvalue weighted by Crippen LogP contribution is -2.10. The zero-order valence-corrected chi connectivity index (χ0v) is 9.04. The van der Waals surface area contributed by atoms with Crippen molar-refractivity contribution in [2.24, 2.45) is 0 Å². The van der Waals surface area contributed by atoms with Gasteiger partial charge in [-0.25, -0.2) is 4.39 Å². The molecule has 0 saturated carbocycles. The van der Waals surface area contributed by atoms with Crippen LogP contribution in [0.2, 0.25) is 0 Å². The number of hydrogen-bond donors (Lipinski definition) is 2. The number of aliphatic carboxylic acids is 1. The van der Waals surface area contributed by atoms with Crippen LogP contribution in [0.4, 0.5) is 17.6 Å². The van der Waals surface area contributed by atoms with Crippen LogP contribution in [-0.2, 0) is 11.0 Å². The van der Waals surface area contributed by atoms with E-state index in [4.69, 9.17) is 5.11 Å². The second-order valence-corrected chi connectivity index (χ2v) is 3.69. The van der Waals surface area contributed by atoms with Crippen LogP contribution < -0.4 is 0 Å². The fourth-order valence-electron chi connectivity index (χ4n) is 1.39. The standard InChI is InChI=1S/C11H10F4O3/c12-8-2-1-6(5-7(8)11(13,14)15)9(16)3-4-10(17)18/h1-2,5,9,16H,3-4H2,(H,17,18). The zero-order valence-electron chi connectivity index (χ0n) is 9.04. The average molecular weight is 266 g/mol. The summed E-state index contributed by atoms with van der Waals surface area (Å²) in [6.45, 7) is 0. The summed E-state index contributed by atoms with van der Waals surface area (Å²) < 4.78 is 50.1. The Hall–Kier alpha value is -1.63. The average Bonchev–Trinajstić information content (AvgIpc) is 2.24. The zero-order chi connectivity index (χ0) is 13.9. The van der Waals surface area contributed by atoms with Crippen molar-refractivity contribution in [3.8, 4) is 0 Å². The Morgan fingerprint density at radius 3 is 2.44 bits per heavy atom. The molecule has 100 valence electrons. The van der Waals surface area contributed by atoms with Gasteiger partial charge in [0.25, 0.3) is 0 Å². The van der Waals surface area contributed by atoms with Gasteiger partial charge in [-0.1, -0.05) is 6.07 Å². The third-order valence-corrected chi connectivity index (χ3v) is 2.31. The van der Waals surface area contributed by atoms with E-state index < -0.39 is 29.6 Å². The van der Waals surface area contributed by atoms with Gasteiger partial charge in [0.15, 0.2) is 0 Å². The monoisotopic (exact) mass is 266 g/mol. The molecule has 0 radical (unpaired) electrons. The molecule has 2 N–H and O–H groups in total. The van der Waals surface area contributed by atoms with Gasteiger partial charge in [-0.2, -0.15) is 13.2 Å². The third-order valence-electron chi connectivity index (χ3n) is 2.31. The van der Waals surface area contributed by atoms with Crippen molar-refractivity contribution in [2.75, 3.05) is 0 Å². The molecule has 0 saturated heterocycles. The van der Waals surface area contributed by atoms with Crippen molar-refractivity contribution >= 4 is 5.97 Å². The van der Waals surface area contributed by atoms with Crippen molar-refractivity contribution in [1.82, 2.24) is 0 Å². The molecule has 1 unspecified atom stereocenters. The molecule has 0 heterocycles. The van der Waals surface area contributed by atoms with Gasteiger partial charge in [-0.05, 0) is 24.1 Å². The van der Waals surface area contributed by atoms with Crippen LogP contribution in [0, 0.1) is 5.82 Å². The summed E-state index contributed by atoms with van der Waals surface area (Å²) in [5, 5.41) is 17.9. The van der Waals surface area contributed by atoms with Gasteiger partial charge in [0.1, 0.15) is 5.82 Å². The number of aliphatic hydroxyl groups is 1. The number of carbonyl (C=O) groups is 1. The van der Waals surface area contributed by atoms with E-state index >= 15 is 0 Å². The Morgan fingerprint density at radius 1 is 1.33 bits per heavy atom. The molecule has 1 atom stereocenters. The first-order valence-corrected chi connectivity index (χ1v) is 4.98. The van der Waals surface area contributed by atoms with E-state index in [2.05, 4.69) is 0 Å². The van der Waals surface area contributed by atoms with Gasteiger partial charge in [0.05, 0.1) is 11.7 Å². The summed E-state index contributed by atoms with van der Waals surface area (Å²) >= 11 is 0. The molecule has 0 aliphatic carbocycles. The Bertz CT molecular complexity index is 442. The topological polar surface area (TPSA) is 57.5 Å². The van der Waals surface area contributed by atoms with Crippen molar-refractivity contribution in [1.29, 1.82) is 0 Å². The van der Waals surface area contributed by atoms with Gasteiger partial charge < -0.3 is 10.2 Å². The molecule has 1 aromatic rings. The summed E-state index contributed by atoms with van der Waals surface area (Å²) in [4.78, 5) is 10.3. The number of benzene rings is 1. The highest BCUT2D eigenvalue weighted by atomic mass is 19.4. The molecule has 3 nitrogen and oxygen atoms in total. The summed E-state index contributed by atoms with van der Waals surface area (Å²) in [7, 11) is 0. The molecule has 7 heteroatoms. The van der Waals surface area contributed by atoms with Crippen LogP contribution in [0.3, 0.4) is 0 Å². The van der Waals surface area contributed by atoms with E-state index in [-0.39, 0.29) is 18.4 Å². The van der Waals surface area contributed by atoms with Crippen LogP contribution in [0.25, 0.3) is 0 Å². The molecular weight excluding hydrogens is 256 g/mol. The maximum atomic E-state index is 12.9. The molecule has 18 heavy (non-hydrogen) atoms. The number of halogens is 4. The highest BCUT2D eigenvalue weighted by Gasteiger charge is 2.34. The van der Waals surface area contributed by atoms with Crippen LogP contribution in [0.5, 0.6) is 0 Å². The molecule has 0 fully saturated rings. The number of carboxylic acid groups (broad SMARTS) is 1. The molecule has 0 bridgehead atoms. The molecular formula is C11H10F4O3. The largest absolute Gasteiger partial charge is 0.481 e. The Kier molecular flexibility index (Phi) is 4.28. The smallest absolute Gasteiger partial charge is 0.419 e. The van der Waals surface area contributed by atoms with Crippen molar-refractivity contribution < 1.29 is 32.6 Å². The number of aliphatic hydroxyl groups excluding tert-OH is 1. The third kappa shape index (κ3) is 3.69. The predicted octanol–water partition coefficient (Wildman–Crippen LogP) is 2.74. The van der Waals surface area contributed by atoms with E-state index in [9.17, 15) is 27.5 Å². The number of alkyl halides is 3. The van der Waals surface area contributed by atoms with Crippen LogP contribution in [-0.4, -0.2) is 16.2 Å². The quantitative estimate of drug-likeness (QED) is 0.824. The molecule has 0 aliphatic heterocycles. The van der Waals surface area contributed by atoms with Gasteiger partial charge in [0.2, 0.25) is 0 Å². The van der Waals surface area contributed by atoms with Gasteiger partial charge >= 0.3 is 12.1 Å². The van der Waals surface area contributed by atoms with Crippen LogP contribution >= 0.6 is 0 Å². The molecule has 0 aromatic heterocycles. The van der Waals surface area contributed by atoms with Gasteiger partial charge in [-0.3, -0.25) is 4.79 Å². The lowest BCUT2D eigenvalue weighted by atomic mass is 10.0. The number of hydrogen-bond acceptors (Lipinski definition) is 2. The van der Waals surface area contributed by atoms with Crippen molar-refractivity contribution in [3.63, 3.8) is 0 Å². The van der Waals surface area contributed by atoms with E-state index in [1.165, 1.54) is 0 Å². The SMILES string of the molecule is O=C(O)CCC(O)c1ccc(F)c(C(F)(F)F)c1. The summed E-state index contributed by atoms with van der Waals surface area (Å²) in [5.74, 6) is -2.61. The lowest BCUT2D eigenvalue weighted by molar-refractivity contribution is -0.140. The molecule has 0 spiro atoms. The predicted molar refractivity (Wildman–Crippen MR) is 53.2 cm³/mol. The maximum absolute atomic E-state index is 12.9. The Labute approximate surface area is 99.7 Å². The summed E-state index contributed by atoms with van der Waals surface area (Å²) in [6.07, 6.45) is -6.85. The maximum Gasteiger partial charge on any atom is 0.419 e. The van der Waals surface area contributed by atoms with Crippen LogP contribution in [0.15, 0.2) is 18.2 Å². The number of rotatable bonds is 4. The Morgan fingerprint density at radius 2 is 1.94 bits per heavy atom. The number of carboxylic acids is 1. The molecule has 0 aliphatic rings. The fraction of sp³-hybridized carbons (Fsp3) is 0.364.